The summed E-state index contributed by atoms with van der Waals surface area (Å²) in [4.78, 5) is 17.9. The maximum absolute atomic E-state index is 13.1. The molecule has 0 spiro atoms. The molecule has 3 unspecified atom stereocenters. The van der Waals surface area contributed by atoms with Crippen LogP contribution in [0.25, 0.3) is 0 Å². The molecule has 0 radical (unpaired) electrons. The summed E-state index contributed by atoms with van der Waals surface area (Å²) >= 11 is 0. The lowest BCUT2D eigenvalue weighted by molar-refractivity contribution is 0.00544. The van der Waals surface area contributed by atoms with E-state index < -0.39 is 0 Å². The summed E-state index contributed by atoms with van der Waals surface area (Å²) in [6.07, 6.45) is 4.31. The van der Waals surface area contributed by atoms with Gasteiger partial charge in [0.15, 0.2) is 11.5 Å². The average molecular weight is 420 g/mol. The number of benzene rings is 2. The second-order valence-electron chi connectivity index (χ2n) is 9.17. The van der Waals surface area contributed by atoms with Gasteiger partial charge in [-0.1, -0.05) is 36.4 Å². The van der Waals surface area contributed by atoms with Crippen LogP contribution in [0.2, 0.25) is 0 Å². The molecule has 4 aliphatic rings. The van der Waals surface area contributed by atoms with Gasteiger partial charge in [0.2, 0.25) is 6.79 Å². The van der Waals surface area contributed by atoms with E-state index >= 15 is 0 Å². The van der Waals surface area contributed by atoms with Crippen molar-refractivity contribution in [2.75, 3.05) is 26.4 Å². The molecule has 0 saturated carbocycles. The lowest BCUT2D eigenvalue weighted by Gasteiger charge is -2.52. The van der Waals surface area contributed by atoms with Gasteiger partial charge in [-0.25, -0.2) is 4.79 Å². The summed E-state index contributed by atoms with van der Waals surface area (Å²) in [6.45, 7) is 3.88. The molecule has 4 heterocycles. The Labute approximate surface area is 183 Å². The van der Waals surface area contributed by atoms with Crippen LogP contribution in [0.3, 0.4) is 0 Å². The van der Waals surface area contributed by atoms with Gasteiger partial charge in [-0.05, 0) is 48.8 Å². The first kappa shape index (κ1) is 19.0. The van der Waals surface area contributed by atoms with E-state index in [4.69, 9.17) is 9.47 Å². The molecule has 0 aliphatic carbocycles. The van der Waals surface area contributed by atoms with Crippen molar-refractivity contribution in [2.45, 2.75) is 44.3 Å². The van der Waals surface area contributed by atoms with E-state index in [0.29, 0.717) is 31.3 Å². The summed E-state index contributed by atoms with van der Waals surface area (Å²) < 4.78 is 11.4. The monoisotopic (exact) mass is 419 g/mol. The Hall–Kier alpha value is -2.73. The van der Waals surface area contributed by atoms with Crippen LogP contribution in [0.4, 0.5) is 4.79 Å². The highest BCUT2D eigenvalue weighted by molar-refractivity contribution is 5.74. The molecule has 162 valence electrons. The molecular formula is C25H29N3O3. The van der Waals surface area contributed by atoms with Crippen LogP contribution < -0.4 is 14.8 Å². The molecule has 2 aromatic rings. The molecule has 2 saturated heterocycles. The topological polar surface area (TPSA) is 54.0 Å². The minimum absolute atomic E-state index is 0.0775. The first-order chi connectivity index (χ1) is 15.3. The lowest BCUT2D eigenvalue weighted by atomic mass is 9.76. The highest BCUT2D eigenvalue weighted by atomic mass is 16.7. The summed E-state index contributed by atoms with van der Waals surface area (Å²) in [5.74, 6) is 2.38. The molecule has 1 N–H and O–H groups in total. The normalized spacial score (nSPS) is 26.6. The molecule has 0 aromatic heterocycles. The Morgan fingerprint density at radius 1 is 1.10 bits per heavy atom. The quantitative estimate of drug-likeness (QED) is 0.806. The molecule has 31 heavy (non-hydrogen) atoms. The van der Waals surface area contributed by atoms with E-state index in [2.05, 4.69) is 39.4 Å². The van der Waals surface area contributed by atoms with Crippen molar-refractivity contribution >= 4 is 6.03 Å². The van der Waals surface area contributed by atoms with Crippen molar-refractivity contribution in [2.24, 2.45) is 5.92 Å². The van der Waals surface area contributed by atoms with Crippen molar-refractivity contribution in [3.8, 4) is 11.5 Å². The van der Waals surface area contributed by atoms with Gasteiger partial charge < -0.3 is 19.7 Å². The molecule has 2 aromatic carbocycles. The Balaban J connectivity index is 1.22. The Kier molecular flexibility index (Phi) is 4.75. The fraction of sp³-hybridized carbons (Fsp3) is 0.480. The number of nitrogens with one attached hydrogen (secondary N) is 1. The van der Waals surface area contributed by atoms with E-state index in [1.165, 1.54) is 17.5 Å². The molecule has 6 heteroatoms. The highest BCUT2D eigenvalue weighted by Crippen LogP contribution is 2.47. The number of piperidine rings is 2. The minimum Gasteiger partial charge on any atom is -0.454 e. The van der Waals surface area contributed by atoms with Crippen LogP contribution in [0.1, 0.15) is 42.0 Å². The Morgan fingerprint density at radius 3 is 2.90 bits per heavy atom. The van der Waals surface area contributed by atoms with E-state index in [1.807, 2.05) is 18.2 Å². The number of likely N-dealkylation sites (tertiary alicyclic amines) is 1. The van der Waals surface area contributed by atoms with Crippen LogP contribution in [0.15, 0.2) is 42.5 Å². The van der Waals surface area contributed by atoms with Gasteiger partial charge in [-0.15, -0.1) is 0 Å². The van der Waals surface area contributed by atoms with Crippen molar-refractivity contribution in [3.63, 3.8) is 0 Å². The molecule has 0 bridgehead atoms. The summed E-state index contributed by atoms with van der Waals surface area (Å²) in [7, 11) is 0. The number of hydrogen-bond donors (Lipinski definition) is 1. The number of carbonyl (C=O) groups excluding carboxylic acids is 1. The van der Waals surface area contributed by atoms with E-state index in [9.17, 15) is 4.79 Å². The first-order valence-corrected chi connectivity index (χ1v) is 11.5. The zero-order chi connectivity index (χ0) is 20.8. The number of fused-ring (bicyclic) bond motifs is 6. The molecule has 2 amide bonds. The number of hydrogen-bond acceptors (Lipinski definition) is 4. The van der Waals surface area contributed by atoms with Gasteiger partial charge >= 0.3 is 6.03 Å². The third-order valence-electron chi connectivity index (χ3n) is 7.53. The number of amides is 2. The Morgan fingerprint density at radius 2 is 2.00 bits per heavy atom. The van der Waals surface area contributed by atoms with Crippen LogP contribution in [-0.4, -0.2) is 48.3 Å². The number of carbonyl (C=O) groups is 1. The van der Waals surface area contributed by atoms with Gasteiger partial charge in [0.05, 0.1) is 0 Å². The maximum Gasteiger partial charge on any atom is 0.317 e. The summed E-state index contributed by atoms with van der Waals surface area (Å²) in [6, 6.07) is 15.1. The largest absolute Gasteiger partial charge is 0.454 e. The third kappa shape index (κ3) is 3.33. The first-order valence-electron chi connectivity index (χ1n) is 11.5. The Bertz CT molecular complexity index is 979. The van der Waals surface area contributed by atoms with E-state index in [0.717, 1.165) is 56.0 Å². The fourth-order valence-corrected chi connectivity index (χ4v) is 6.04. The molecular weight excluding hydrogens is 390 g/mol. The molecule has 6 rings (SSSR count). The van der Waals surface area contributed by atoms with Gasteiger partial charge in [0, 0.05) is 43.8 Å². The summed E-state index contributed by atoms with van der Waals surface area (Å²) in [5.41, 5.74) is 3.81. The average Bonchev–Trinajstić information content (AvgIpc) is 3.30. The standard InChI is InChI=1S/C25H29N3O3/c29-25(26-14-17-5-2-1-3-6-17)28-11-4-7-18-15-27-12-10-20-19(22(27)13-21(18)28)8-9-23-24(20)31-16-30-23/h1-3,5-6,8-9,18,21-22H,4,7,10-16H2,(H,26,29). The van der Waals surface area contributed by atoms with Crippen LogP contribution in [-0.2, 0) is 13.0 Å². The number of rotatable bonds is 2. The second-order valence-corrected chi connectivity index (χ2v) is 9.17. The molecule has 4 aliphatic heterocycles. The summed E-state index contributed by atoms with van der Waals surface area (Å²) in [5, 5.41) is 3.16. The smallest absolute Gasteiger partial charge is 0.317 e. The van der Waals surface area contributed by atoms with Crippen LogP contribution in [0, 0.1) is 5.92 Å². The zero-order valence-corrected chi connectivity index (χ0v) is 17.8. The van der Waals surface area contributed by atoms with Crippen LogP contribution >= 0.6 is 0 Å². The lowest BCUT2D eigenvalue weighted by Crippen LogP contribution is -2.59. The van der Waals surface area contributed by atoms with E-state index in [-0.39, 0.29) is 6.03 Å². The van der Waals surface area contributed by atoms with Gasteiger partial charge in [-0.2, -0.15) is 0 Å². The minimum atomic E-state index is 0.0775. The molecule has 3 atom stereocenters. The maximum atomic E-state index is 13.1. The molecule has 2 fully saturated rings. The fourth-order valence-electron chi connectivity index (χ4n) is 6.04. The SMILES string of the molecule is O=C(NCc1ccccc1)N1CCCC2CN3CCc4c(ccc5c4OCO5)C3CC21. The van der Waals surface area contributed by atoms with Crippen molar-refractivity contribution < 1.29 is 14.3 Å². The predicted molar refractivity (Wildman–Crippen MR) is 117 cm³/mol. The number of urea groups is 1. The zero-order valence-electron chi connectivity index (χ0n) is 17.8. The highest BCUT2D eigenvalue weighted by Gasteiger charge is 2.44. The van der Waals surface area contributed by atoms with Gasteiger partial charge in [-0.3, -0.25) is 4.90 Å². The predicted octanol–water partition coefficient (Wildman–Crippen LogP) is 3.71. The second kappa shape index (κ2) is 7.75. The van der Waals surface area contributed by atoms with Gasteiger partial charge in [0.1, 0.15) is 0 Å². The van der Waals surface area contributed by atoms with Crippen molar-refractivity contribution in [1.29, 1.82) is 0 Å². The van der Waals surface area contributed by atoms with Crippen molar-refractivity contribution in [1.82, 2.24) is 15.1 Å². The van der Waals surface area contributed by atoms with Crippen molar-refractivity contribution in [3.05, 3.63) is 59.2 Å². The molecule has 6 nitrogen and oxygen atoms in total. The van der Waals surface area contributed by atoms with Gasteiger partial charge in [0.25, 0.3) is 0 Å². The third-order valence-corrected chi connectivity index (χ3v) is 7.53. The number of nitrogens with zero attached hydrogens (tertiary/aromatic N) is 2. The van der Waals surface area contributed by atoms with Crippen LogP contribution in [0.5, 0.6) is 11.5 Å². The van der Waals surface area contributed by atoms with E-state index in [1.54, 1.807) is 0 Å². The number of ether oxygens (including phenoxy) is 2.